The van der Waals surface area contributed by atoms with Crippen molar-refractivity contribution in [1.29, 1.82) is 0 Å². The minimum atomic E-state index is -1.33. The quantitative estimate of drug-likeness (QED) is 0.146. The predicted molar refractivity (Wildman–Crippen MR) is 87.1 cm³/mol. The van der Waals surface area contributed by atoms with E-state index in [0.29, 0.717) is 25.8 Å². The van der Waals surface area contributed by atoms with E-state index in [0.717, 1.165) is 0 Å². The Kier molecular flexibility index (Phi) is 9.68. The zero-order chi connectivity index (χ0) is 18.8. The van der Waals surface area contributed by atoms with Crippen LogP contribution in [-0.2, 0) is 19.1 Å². The highest BCUT2D eigenvalue weighted by molar-refractivity contribution is 5.98. The van der Waals surface area contributed by atoms with Crippen molar-refractivity contribution in [3.8, 4) is 0 Å². The average molecular weight is 342 g/mol. The van der Waals surface area contributed by atoms with E-state index in [1.54, 1.807) is 20.8 Å². The number of nitrogens with two attached hydrogens (primary N) is 1. The second-order valence-electron chi connectivity index (χ2n) is 6.50. The third kappa shape index (κ3) is 9.81. The number of esters is 1. The lowest BCUT2D eigenvalue weighted by atomic mass is 9.92. The molecule has 0 rings (SSSR count). The van der Waals surface area contributed by atoms with Crippen LogP contribution in [0.5, 0.6) is 0 Å². The first-order valence-electron chi connectivity index (χ1n) is 7.83. The molecular formula is C15H26N4O5. The molecule has 9 nitrogen and oxygen atoms in total. The van der Waals surface area contributed by atoms with Crippen molar-refractivity contribution in [2.45, 2.75) is 64.5 Å². The summed E-state index contributed by atoms with van der Waals surface area (Å²) in [4.78, 5) is 37.7. The summed E-state index contributed by atoms with van der Waals surface area (Å²) < 4.78 is 5.09. The third-order valence-corrected chi connectivity index (χ3v) is 3.13. The molecule has 2 atom stereocenters. The van der Waals surface area contributed by atoms with Crippen LogP contribution >= 0.6 is 0 Å². The van der Waals surface area contributed by atoms with Gasteiger partial charge in [-0.25, -0.2) is 0 Å². The van der Waals surface area contributed by atoms with Crippen LogP contribution in [0.2, 0.25) is 0 Å². The highest BCUT2D eigenvalue weighted by Crippen LogP contribution is 2.16. The third-order valence-electron chi connectivity index (χ3n) is 3.13. The molecule has 0 aromatic carbocycles. The van der Waals surface area contributed by atoms with Crippen LogP contribution in [0.3, 0.4) is 0 Å². The van der Waals surface area contributed by atoms with Gasteiger partial charge < -0.3 is 15.6 Å². The fraction of sp³-hybridized carbons (Fsp3) is 0.800. The van der Waals surface area contributed by atoms with Crippen molar-refractivity contribution in [3.05, 3.63) is 10.4 Å². The number of carboxylic acid groups (broad SMARTS) is 1. The number of hydrogen-bond acceptors (Lipinski definition) is 6. The second-order valence-corrected chi connectivity index (χ2v) is 6.50. The van der Waals surface area contributed by atoms with E-state index in [-0.39, 0.29) is 12.8 Å². The molecule has 0 amide bonds. The molecule has 0 aromatic rings. The SMILES string of the molecule is CC(C)(C)OC(=O)C(N)CC(C(=O)O)C(=O)CCCCCN=[N+]=[N-]. The van der Waals surface area contributed by atoms with Gasteiger partial charge in [-0.1, -0.05) is 11.5 Å². The molecule has 0 saturated heterocycles. The number of aliphatic carboxylic acids is 1. The van der Waals surface area contributed by atoms with Crippen molar-refractivity contribution < 1.29 is 24.2 Å². The van der Waals surface area contributed by atoms with Gasteiger partial charge in [-0.15, -0.1) is 0 Å². The molecule has 0 fully saturated rings. The number of azide groups is 1. The summed E-state index contributed by atoms with van der Waals surface area (Å²) in [5, 5.41) is 12.6. The largest absolute Gasteiger partial charge is 0.481 e. The smallest absolute Gasteiger partial charge is 0.323 e. The summed E-state index contributed by atoms with van der Waals surface area (Å²) in [6, 6.07) is -1.17. The molecule has 24 heavy (non-hydrogen) atoms. The average Bonchev–Trinajstić information content (AvgIpc) is 2.45. The summed E-state index contributed by atoms with van der Waals surface area (Å²) >= 11 is 0. The summed E-state index contributed by atoms with van der Waals surface area (Å²) in [7, 11) is 0. The molecule has 3 N–H and O–H groups in total. The van der Waals surface area contributed by atoms with E-state index in [1.807, 2.05) is 0 Å². The number of Topliss-reactive ketones (excluding diaryl/α,β-unsaturated/α-hetero) is 1. The van der Waals surface area contributed by atoms with Crippen molar-refractivity contribution >= 4 is 17.7 Å². The van der Waals surface area contributed by atoms with Crippen LogP contribution < -0.4 is 5.73 Å². The van der Waals surface area contributed by atoms with Crippen LogP contribution in [0.1, 0.15) is 52.9 Å². The molecule has 9 heteroatoms. The minimum absolute atomic E-state index is 0.0777. The number of unbranched alkanes of at least 4 members (excludes halogenated alkanes) is 2. The maximum Gasteiger partial charge on any atom is 0.323 e. The Morgan fingerprint density at radius 3 is 2.38 bits per heavy atom. The maximum atomic E-state index is 12.0. The summed E-state index contributed by atoms with van der Waals surface area (Å²) in [6.45, 7) is 5.37. The van der Waals surface area contributed by atoms with Gasteiger partial charge in [0.15, 0.2) is 0 Å². The molecule has 0 aromatic heterocycles. The zero-order valence-electron chi connectivity index (χ0n) is 14.4. The van der Waals surface area contributed by atoms with Crippen LogP contribution in [0.15, 0.2) is 5.11 Å². The van der Waals surface area contributed by atoms with Gasteiger partial charge in [0.05, 0.1) is 0 Å². The molecular weight excluding hydrogens is 316 g/mol. The number of rotatable bonds is 11. The zero-order valence-corrected chi connectivity index (χ0v) is 14.4. The highest BCUT2D eigenvalue weighted by atomic mass is 16.6. The molecule has 2 unspecified atom stereocenters. The number of carboxylic acids is 1. The molecule has 0 bridgehead atoms. The van der Waals surface area contributed by atoms with E-state index in [9.17, 15) is 19.5 Å². The lowest BCUT2D eigenvalue weighted by Gasteiger charge is -2.23. The second kappa shape index (κ2) is 10.6. The lowest BCUT2D eigenvalue weighted by molar-refractivity contribution is -0.157. The van der Waals surface area contributed by atoms with Gasteiger partial charge in [-0.05, 0) is 45.6 Å². The Hall–Kier alpha value is -2.12. The standard InChI is InChI=1S/C15H26N4O5/c1-15(2,3)24-14(23)11(16)9-10(13(21)22)12(20)7-5-4-6-8-18-19-17/h10-11H,4-9,16H2,1-3H3,(H,21,22). The Balaban J connectivity index is 4.47. The number of carbonyl (C=O) groups excluding carboxylic acids is 2. The number of ether oxygens (including phenoxy) is 1. The number of ketones is 1. The lowest BCUT2D eigenvalue weighted by Crippen LogP contribution is -2.41. The topological polar surface area (TPSA) is 155 Å². The molecule has 0 spiro atoms. The van der Waals surface area contributed by atoms with E-state index < -0.39 is 35.3 Å². The molecule has 0 aliphatic rings. The fourth-order valence-electron chi connectivity index (χ4n) is 1.98. The molecule has 136 valence electrons. The van der Waals surface area contributed by atoms with E-state index in [4.69, 9.17) is 16.0 Å². The van der Waals surface area contributed by atoms with Gasteiger partial charge in [0.1, 0.15) is 23.3 Å². The highest BCUT2D eigenvalue weighted by Gasteiger charge is 2.32. The molecule has 0 heterocycles. The van der Waals surface area contributed by atoms with Gasteiger partial charge >= 0.3 is 11.9 Å². The van der Waals surface area contributed by atoms with Crippen LogP contribution in [0, 0.1) is 5.92 Å². The molecule has 0 saturated carbocycles. The van der Waals surface area contributed by atoms with Gasteiger partial charge in [0.2, 0.25) is 0 Å². The van der Waals surface area contributed by atoms with Crippen molar-refractivity contribution in [2.24, 2.45) is 16.8 Å². The van der Waals surface area contributed by atoms with Crippen molar-refractivity contribution in [3.63, 3.8) is 0 Å². The van der Waals surface area contributed by atoms with Gasteiger partial charge in [0.25, 0.3) is 0 Å². The number of carbonyl (C=O) groups is 3. The van der Waals surface area contributed by atoms with E-state index >= 15 is 0 Å². The Labute approximate surface area is 141 Å². The van der Waals surface area contributed by atoms with Gasteiger partial charge in [-0.3, -0.25) is 14.4 Å². The summed E-state index contributed by atoms with van der Waals surface area (Å²) in [5.74, 6) is -3.82. The van der Waals surface area contributed by atoms with E-state index in [2.05, 4.69) is 10.0 Å². The summed E-state index contributed by atoms with van der Waals surface area (Å²) in [5.41, 5.74) is 13.1. The number of hydrogen-bond donors (Lipinski definition) is 2. The fourth-order valence-corrected chi connectivity index (χ4v) is 1.98. The van der Waals surface area contributed by atoms with Crippen LogP contribution in [-0.4, -0.2) is 41.0 Å². The normalized spacial score (nSPS) is 13.5. The van der Waals surface area contributed by atoms with Crippen LogP contribution in [0.4, 0.5) is 0 Å². The Morgan fingerprint density at radius 2 is 1.88 bits per heavy atom. The van der Waals surface area contributed by atoms with Crippen molar-refractivity contribution in [1.82, 2.24) is 0 Å². The predicted octanol–water partition coefficient (Wildman–Crippen LogP) is 2.19. The molecule has 0 aliphatic carbocycles. The summed E-state index contributed by atoms with van der Waals surface area (Å²) in [6.07, 6.45) is 1.56. The Morgan fingerprint density at radius 1 is 1.25 bits per heavy atom. The minimum Gasteiger partial charge on any atom is -0.481 e. The first kappa shape index (κ1) is 21.9. The molecule has 0 aliphatic heterocycles. The van der Waals surface area contributed by atoms with Gasteiger partial charge in [0, 0.05) is 17.9 Å². The number of nitrogens with zero attached hydrogens (tertiary/aromatic N) is 3. The first-order chi connectivity index (χ1) is 11.1. The van der Waals surface area contributed by atoms with E-state index in [1.165, 1.54) is 0 Å². The maximum absolute atomic E-state index is 12.0. The van der Waals surface area contributed by atoms with Gasteiger partial charge in [-0.2, -0.15) is 0 Å². The Bertz CT molecular complexity index is 495. The van der Waals surface area contributed by atoms with Crippen molar-refractivity contribution in [2.75, 3.05) is 6.54 Å². The molecule has 0 radical (unpaired) electrons. The first-order valence-corrected chi connectivity index (χ1v) is 7.83. The monoisotopic (exact) mass is 342 g/mol. The van der Waals surface area contributed by atoms with Crippen LogP contribution in [0.25, 0.3) is 10.4 Å².